The number of halogens is 3. The van der Waals surface area contributed by atoms with E-state index in [9.17, 15) is 18.8 Å². The topological polar surface area (TPSA) is 102 Å². The molecule has 0 spiro atoms. The molecule has 0 aliphatic carbocycles. The van der Waals surface area contributed by atoms with Crippen LogP contribution in [0.15, 0.2) is 59.6 Å². The van der Waals surface area contributed by atoms with Crippen LogP contribution in [0.4, 0.5) is 4.39 Å². The van der Waals surface area contributed by atoms with Crippen molar-refractivity contribution in [1.29, 1.82) is 5.41 Å². The van der Waals surface area contributed by atoms with Gasteiger partial charge in [0.15, 0.2) is 0 Å². The molecular formula is C26H21Cl2FN4O3S. The van der Waals surface area contributed by atoms with Gasteiger partial charge in [-0.3, -0.25) is 19.3 Å². The van der Waals surface area contributed by atoms with Gasteiger partial charge in [-0.15, -0.1) is 11.3 Å². The molecule has 4 rings (SSSR count). The van der Waals surface area contributed by atoms with Gasteiger partial charge in [0, 0.05) is 25.4 Å². The molecule has 190 valence electrons. The zero-order chi connectivity index (χ0) is 26.7. The van der Waals surface area contributed by atoms with Gasteiger partial charge in [-0.2, -0.15) is 0 Å². The van der Waals surface area contributed by atoms with E-state index in [0.29, 0.717) is 32.3 Å². The molecule has 1 aliphatic rings. The molecule has 0 saturated carbocycles. The van der Waals surface area contributed by atoms with Crippen molar-refractivity contribution in [3.63, 3.8) is 0 Å². The summed E-state index contributed by atoms with van der Waals surface area (Å²) in [5, 5.41) is 13.3. The molecule has 3 N–H and O–H groups in total. The van der Waals surface area contributed by atoms with Crippen molar-refractivity contribution in [2.24, 2.45) is 0 Å². The van der Waals surface area contributed by atoms with Crippen LogP contribution in [0.25, 0.3) is 5.70 Å². The molecule has 0 saturated heterocycles. The number of thiophene rings is 1. The van der Waals surface area contributed by atoms with Gasteiger partial charge in [0.1, 0.15) is 10.2 Å². The lowest BCUT2D eigenvalue weighted by molar-refractivity contribution is 0.0629. The third-order valence-electron chi connectivity index (χ3n) is 5.81. The van der Waals surface area contributed by atoms with Crippen molar-refractivity contribution >= 4 is 64.2 Å². The van der Waals surface area contributed by atoms with Gasteiger partial charge in [0.25, 0.3) is 17.7 Å². The number of fused-ring (bicyclic) bond motifs is 1. The lowest BCUT2D eigenvalue weighted by Crippen LogP contribution is -2.46. The minimum atomic E-state index is -0.672. The average Bonchev–Trinajstić information content (AvgIpc) is 3.39. The summed E-state index contributed by atoms with van der Waals surface area (Å²) in [5.74, 6) is -1.75. The number of rotatable bonds is 9. The molecule has 1 atom stereocenters. The minimum absolute atomic E-state index is 0.0806. The Morgan fingerprint density at radius 2 is 1.76 bits per heavy atom. The number of nitrogens with zero attached hydrogens (tertiary/aromatic N) is 1. The summed E-state index contributed by atoms with van der Waals surface area (Å²) in [7, 11) is 1.62. The van der Waals surface area contributed by atoms with Gasteiger partial charge in [-0.25, -0.2) is 4.39 Å². The van der Waals surface area contributed by atoms with Gasteiger partial charge in [0.05, 0.1) is 32.8 Å². The molecule has 1 aromatic heterocycles. The van der Waals surface area contributed by atoms with E-state index in [0.717, 1.165) is 22.5 Å². The highest BCUT2D eigenvalue weighted by Gasteiger charge is 2.36. The fourth-order valence-electron chi connectivity index (χ4n) is 4.05. The van der Waals surface area contributed by atoms with Crippen LogP contribution >= 0.6 is 34.5 Å². The van der Waals surface area contributed by atoms with Crippen molar-refractivity contribution < 1.29 is 18.8 Å². The van der Waals surface area contributed by atoms with Crippen LogP contribution < -0.4 is 10.6 Å². The van der Waals surface area contributed by atoms with Gasteiger partial charge in [-0.05, 0) is 42.3 Å². The highest BCUT2D eigenvalue weighted by Crippen LogP contribution is 2.33. The third-order valence-corrected chi connectivity index (χ3v) is 7.46. The predicted molar refractivity (Wildman–Crippen MR) is 143 cm³/mol. The summed E-state index contributed by atoms with van der Waals surface area (Å²) in [6.45, 7) is -0.0806. The van der Waals surface area contributed by atoms with Crippen molar-refractivity contribution in [2.75, 3.05) is 13.6 Å². The Morgan fingerprint density at radius 3 is 2.32 bits per heavy atom. The first-order valence-corrected chi connectivity index (χ1v) is 12.7. The Kier molecular flexibility index (Phi) is 8.06. The fourth-order valence-corrected chi connectivity index (χ4v) is 5.44. The molecule has 0 radical (unpaired) electrons. The van der Waals surface area contributed by atoms with Crippen LogP contribution in [0, 0.1) is 11.2 Å². The molecular weight excluding hydrogens is 538 g/mol. The smallest absolute Gasteiger partial charge is 0.261 e. The van der Waals surface area contributed by atoms with Gasteiger partial charge >= 0.3 is 0 Å². The van der Waals surface area contributed by atoms with E-state index in [1.54, 1.807) is 49.5 Å². The summed E-state index contributed by atoms with van der Waals surface area (Å²) in [6, 6.07) is 13.2. The second-order valence-corrected chi connectivity index (χ2v) is 10.2. The standard InChI is InChI=1S/C26H21Cl2FN4O3S/c1-31-22(20(27)12-30)19-11-21(37-23(19)28)24(34)32-16(10-14-6-8-15(29)9-7-14)13-33-25(35)17-4-2-3-5-18(17)26(33)36/h2-9,11-12,16,30-31H,10,13H2,1H3,(H,32,34)/b22-20+,30-12?/t16-/m0/s1. The third kappa shape index (κ3) is 5.58. The van der Waals surface area contributed by atoms with Crippen LogP contribution in [0.5, 0.6) is 0 Å². The largest absolute Gasteiger partial charge is 0.386 e. The molecule has 2 aromatic carbocycles. The Bertz CT molecular complexity index is 1390. The Morgan fingerprint density at radius 1 is 1.14 bits per heavy atom. The maximum Gasteiger partial charge on any atom is 0.261 e. The van der Waals surface area contributed by atoms with E-state index in [-0.39, 0.29) is 22.9 Å². The Labute approximate surface area is 226 Å². The van der Waals surface area contributed by atoms with Crippen molar-refractivity contribution in [1.82, 2.24) is 15.5 Å². The first-order chi connectivity index (χ1) is 17.7. The van der Waals surface area contributed by atoms with E-state index in [1.807, 2.05) is 0 Å². The number of imide groups is 1. The molecule has 1 aliphatic heterocycles. The Hall–Kier alpha value is -3.53. The first-order valence-electron chi connectivity index (χ1n) is 11.1. The SMILES string of the molecule is CN/C(=C(/Cl)C=N)c1cc(C(=O)N[C@@H](Cc2ccc(F)cc2)CN2C(=O)c3ccccc3C2=O)sc1Cl. The van der Waals surface area contributed by atoms with E-state index in [1.165, 1.54) is 12.1 Å². The molecule has 11 heteroatoms. The summed E-state index contributed by atoms with van der Waals surface area (Å²) in [6.07, 6.45) is 1.20. The maximum absolute atomic E-state index is 13.4. The summed E-state index contributed by atoms with van der Waals surface area (Å²) >= 11 is 13.5. The van der Waals surface area contributed by atoms with Crippen molar-refractivity contribution in [3.8, 4) is 0 Å². The molecule has 7 nitrogen and oxygen atoms in total. The number of benzene rings is 2. The summed E-state index contributed by atoms with van der Waals surface area (Å²) < 4.78 is 13.7. The highest BCUT2D eigenvalue weighted by molar-refractivity contribution is 7.18. The predicted octanol–water partition coefficient (Wildman–Crippen LogP) is 4.95. The second-order valence-electron chi connectivity index (χ2n) is 8.18. The summed E-state index contributed by atoms with van der Waals surface area (Å²) in [5.41, 5.74) is 2.19. The van der Waals surface area contributed by atoms with Crippen LogP contribution in [-0.2, 0) is 6.42 Å². The van der Waals surface area contributed by atoms with E-state index in [2.05, 4.69) is 10.6 Å². The second kappa shape index (κ2) is 11.2. The molecule has 0 bridgehead atoms. The van der Waals surface area contributed by atoms with Crippen LogP contribution in [0.1, 0.15) is 41.5 Å². The highest BCUT2D eigenvalue weighted by atomic mass is 35.5. The van der Waals surface area contributed by atoms with Crippen molar-refractivity contribution in [3.05, 3.63) is 96.9 Å². The van der Waals surface area contributed by atoms with Crippen LogP contribution in [-0.4, -0.2) is 48.5 Å². The quantitative estimate of drug-likeness (QED) is 0.255. The molecule has 3 aromatic rings. The van der Waals surface area contributed by atoms with E-state index >= 15 is 0 Å². The Balaban J connectivity index is 1.60. The van der Waals surface area contributed by atoms with Gasteiger partial charge < -0.3 is 16.0 Å². The van der Waals surface area contributed by atoms with Crippen LogP contribution in [0.3, 0.4) is 0 Å². The first kappa shape index (κ1) is 26.5. The molecule has 2 heterocycles. The van der Waals surface area contributed by atoms with Gasteiger partial charge in [0.2, 0.25) is 0 Å². The van der Waals surface area contributed by atoms with Crippen molar-refractivity contribution in [2.45, 2.75) is 12.5 Å². The lowest BCUT2D eigenvalue weighted by atomic mass is 10.0. The maximum atomic E-state index is 13.4. The number of nitrogens with one attached hydrogen (secondary N) is 3. The number of amides is 3. The van der Waals surface area contributed by atoms with Crippen LogP contribution in [0.2, 0.25) is 4.34 Å². The number of carbonyl (C=O) groups is 3. The number of hydrogen-bond donors (Lipinski definition) is 3. The molecule has 37 heavy (non-hydrogen) atoms. The van der Waals surface area contributed by atoms with E-state index < -0.39 is 29.6 Å². The lowest BCUT2D eigenvalue weighted by Gasteiger charge is -2.24. The molecule has 0 unspecified atom stereocenters. The molecule has 3 amide bonds. The van der Waals surface area contributed by atoms with E-state index in [4.69, 9.17) is 28.6 Å². The monoisotopic (exact) mass is 558 g/mol. The minimum Gasteiger partial charge on any atom is -0.386 e. The normalized spacial score (nSPS) is 14.2. The van der Waals surface area contributed by atoms with Gasteiger partial charge in [-0.1, -0.05) is 47.5 Å². The zero-order valence-corrected chi connectivity index (χ0v) is 21.8. The fraction of sp³-hybridized carbons (Fsp3) is 0.154. The molecule has 0 fully saturated rings. The number of hydrogen-bond acceptors (Lipinski definition) is 6. The average molecular weight is 559 g/mol. The summed E-state index contributed by atoms with van der Waals surface area (Å²) in [4.78, 5) is 40.5. The number of allylic oxidation sites excluding steroid dienone is 1. The zero-order valence-electron chi connectivity index (χ0n) is 19.5. The number of carbonyl (C=O) groups excluding carboxylic acids is 3.